The third-order valence-electron chi connectivity index (χ3n) is 4.71. The van der Waals surface area contributed by atoms with Crippen LogP contribution in [-0.2, 0) is 4.74 Å². The van der Waals surface area contributed by atoms with Gasteiger partial charge in [-0.2, -0.15) is 0 Å². The number of aliphatic imine (C=N–C) groups is 1. The third kappa shape index (κ3) is 6.47. The molecule has 1 saturated heterocycles. The Hall–Kier alpha value is -3.10. The zero-order valence-electron chi connectivity index (χ0n) is 17.4. The molecule has 2 aromatic carbocycles. The van der Waals surface area contributed by atoms with Gasteiger partial charge in [-0.15, -0.1) is 0 Å². The van der Waals surface area contributed by atoms with Crippen LogP contribution in [0.25, 0.3) is 0 Å². The normalized spacial score (nSPS) is 14.8. The predicted molar refractivity (Wildman–Crippen MR) is 117 cm³/mol. The van der Waals surface area contributed by atoms with Crippen molar-refractivity contribution >= 4 is 17.6 Å². The molecule has 8 nitrogen and oxygen atoms in total. The summed E-state index contributed by atoms with van der Waals surface area (Å²) < 4.78 is 15.8. The number of anilines is 1. The Bertz CT molecular complexity index is 848. The SMILES string of the molecule is COc1ccc(NC(=NCCN2CCOCC2)NC(=O)c2cccc(OC)c2)cc1. The average molecular weight is 412 g/mol. The number of rotatable bonds is 7. The highest BCUT2D eigenvalue weighted by molar-refractivity contribution is 6.10. The number of carbonyl (C=O) groups excluding carboxylic acids is 1. The molecule has 30 heavy (non-hydrogen) atoms. The van der Waals surface area contributed by atoms with Crippen LogP contribution >= 0.6 is 0 Å². The lowest BCUT2D eigenvalue weighted by molar-refractivity contribution is 0.0394. The first-order valence-corrected chi connectivity index (χ1v) is 9.89. The quantitative estimate of drug-likeness (QED) is 0.536. The van der Waals surface area contributed by atoms with Crippen molar-refractivity contribution in [2.45, 2.75) is 0 Å². The van der Waals surface area contributed by atoms with Crippen LogP contribution in [0.2, 0.25) is 0 Å². The number of carbonyl (C=O) groups is 1. The standard InChI is InChI=1S/C22H28N4O4/c1-28-19-8-6-18(7-9-19)24-22(23-10-11-26-12-14-30-15-13-26)25-21(27)17-4-3-5-20(16-17)29-2/h3-9,16H,10-15H2,1-2H3,(H2,23,24,25,27). The Morgan fingerprint density at radius 2 is 1.80 bits per heavy atom. The monoisotopic (exact) mass is 412 g/mol. The van der Waals surface area contributed by atoms with Gasteiger partial charge in [-0.1, -0.05) is 6.07 Å². The molecule has 0 aromatic heterocycles. The largest absolute Gasteiger partial charge is 0.497 e. The van der Waals surface area contributed by atoms with Crippen LogP contribution < -0.4 is 20.1 Å². The summed E-state index contributed by atoms with van der Waals surface area (Å²) in [4.78, 5) is 19.6. The van der Waals surface area contributed by atoms with Crippen molar-refractivity contribution in [2.24, 2.45) is 4.99 Å². The van der Waals surface area contributed by atoms with Crippen molar-refractivity contribution < 1.29 is 19.0 Å². The number of nitrogens with one attached hydrogen (secondary N) is 2. The van der Waals surface area contributed by atoms with E-state index in [1.165, 1.54) is 0 Å². The van der Waals surface area contributed by atoms with Crippen molar-refractivity contribution in [1.82, 2.24) is 10.2 Å². The molecule has 1 aliphatic rings. The first-order valence-electron chi connectivity index (χ1n) is 9.89. The van der Waals surface area contributed by atoms with E-state index in [-0.39, 0.29) is 5.91 Å². The highest BCUT2D eigenvalue weighted by Gasteiger charge is 2.12. The lowest BCUT2D eigenvalue weighted by Crippen LogP contribution is -2.39. The van der Waals surface area contributed by atoms with Crippen molar-refractivity contribution in [2.75, 3.05) is 58.9 Å². The molecular weight excluding hydrogens is 384 g/mol. The van der Waals surface area contributed by atoms with E-state index in [1.807, 2.05) is 24.3 Å². The molecule has 0 radical (unpaired) electrons. The molecule has 2 aromatic rings. The van der Waals surface area contributed by atoms with Crippen molar-refractivity contribution in [1.29, 1.82) is 0 Å². The zero-order chi connectivity index (χ0) is 21.2. The van der Waals surface area contributed by atoms with E-state index in [2.05, 4.69) is 20.5 Å². The van der Waals surface area contributed by atoms with Crippen LogP contribution in [0.1, 0.15) is 10.4 Å². The van der Waals surface area contributed by atoms with E-state index in [0.29, 0.717) is 23.8 Å². The van der Waals surface area contributed by atoms with Gasteiger partial charge >= 0.3 is 0 Å². The number of morpholine rings is 1. The van der Waals surface area contributed by atoms with E-state index >= 15 is 0 Å². The fourth-order valence-corrected chi connectivity index (χ4v) is 2.99. The summed E-state index contributed by atoms with van der Waals surface area (Å²) in [6.45, 7) is 4.63. The highest BCUT2D eigenvalue weighted by Crippen LogP contribution is 2.15. The molecule has 160 valence electrons. The summed E-state index contributed by atoms with van der Waals surface area (Å²) >= 11 is 0. The molecule has 0 atom stereocenters. The molecule has 0 bridgehead atoms. The Balaban J connectivity index is 1.69. The smallest absolute Gasteiger partial charge is 0.258 e. The molecule has 1 heterocycles. The van der Waals surface area contributed by atoms with Crippen molar-refractivity contribution in [3.05, 3.63) is 54.1 Å². The van der Waals surface area contributed by atoms with Crippen LogP contribution in [0, 0.1) is 0 Å². The van der Waals surface area contributed by atoms with E-state index in [0.717, 1.165) is 44.3 Å². The van der Waals surface area contributed by atoms with Gasteiger partial charge in [0.05, 0.1) is 34.0 Å². The first-order chi connectivity index (χ1) is 14.7. The Morgan fingerprint density at radius 1 is 1.07 bits per heavy atom. The van der Waals surface area contributed by atoms with Crippen LogP contribution in [0.4, 0.5) is 5.69 Å². The van der Waals surface area contributed by atoms with Gasteiger partial charge in [0.2, 0.25) is 5.96 Å². The zero-order valence-corrected chi connectivity index (χ0v) is 17.4. The molecule has 0 aliphatic carbocycles. The Kier molecular flexibility index (Phi) is 8.05. The van der Waals surface area contributed by atoms with Gasteiger partial charge in [0.25, 0.3) is 5.91 Å². The fraction of sp³-hybridized carbons (Fsp3) is 0.364. The molecular formula is C22H28N4O4. The summed E-state index contributed by atoms with van der Waals surface area (Å²) in [6.07, 6.45) is 0. The van der Waals surface area contributed by atoms with Gasteiger partial charge in [0.15, 0.2) is 0 Å². The van der Waals surface area contributed by atoms with E-state index in [4.69, 9.17) is 14.2 Å². The number of guanidine groups is 1. The number of ether oxygens (including phenoxy) is 3. The molecule has 3 rings (SSSR count). The van der Waals surface area contributed by atoms with Gasteiger partial charge in [-0.25, -0.2) is 0 Å². The second kappa shape index (κ2) is 11.2. The molecule has 1 aliphatic heterocycles. The van der Waals surface area contributed by atoms with Crippen LogP contribution in [0.5, 0.6) is 11.5 Å². The van der Waals surface area contributed by atoms with Gasteiger partial charge in [-0.3, -0.25) is 20.0 Å². The number of nitrogens with zero attached hydrogens (tertiary/aromatic N) is 2. The number of amides is 1. The lowest BCUT2D eigenvalue weighted by Gasteiger charge is -2.25. The van der Waals surface area contributed by atoms with Gasteiger partial charge in [0.1, 0.15) is 11.5 Å². The number of hydrogen-bond donors (Lipinski definition) is 2. The first kappa shape index (κ1) is 21.6. The van der Waals surface area contributed by atoms with Gasteiger partial charge in [-0.05, 0) is 42.5 Å². The maximum atomic E-state index is 12.7. The number of benzene rings is 2. The Morgan fingerprint density at radius 3 is 2.50 bits per heavy atom. The summed E-state index contributed by atoms with van der Waals surface area (Å²) in [6, 6.07) is 14.4. The van der Waals surface area contributed by atoms with Crippen LogP contribution in [0.15, 0.2) is 53.5 Å². The molecule has 8 heteroatoms. The topological polar surface area (TPSA) is 84.4 Å². The minimum atomic E-state index is -0.264. The van der Waals surface area contributed by atoms with Gasteiger partial charge in [0, 0.05) is 30.9 Å². The lowest BCUT2D eigenvalue weighted by atomic mass is 10.2. The van der Waals surface area contributed by atoms with Crippen molar-refractivity contribution in [3.63, 3.8) is 0 Å². The molecule has 0 saturated carbocycles. The summed E-state index contributed by atoms with van der Waals surface area (Å²) in [5.74, 6) is 1.50. The van der Waals surface area contributed by atoms with E-state index < -0.39 is 0 Å². The number of hydrogen-bond acceptors (Lipinski definition) is 6. The maximum Gasteiger partial charge on any atom is 0.258 e. The van der Waals surface area contributed by atoms with Crippen LogP contribution in [-0.4, -0.2) is 70.4 Å². The molecule has 0 unspecified atom stereocenters. The number of methoxy groups -OCH3 is 2. The van der Waals surface area contributed by atoms with Crippen molar-refractivity contribution in [3.8, 4) is 11.5 Å². The third-order valence-corrected chi connectivity index (χ3v) is 4.71. The molecule has 2 N–H and O–H groups in total. The summed E-state index contributed by atoms with van der Waals surface area (Å²) in [5.41, 5.74) is 1.29. The van der Waals surface area contributed by atoms with Gasteiger partial charge < -0.3 is 19.5 Å². The second-order valence-electron chi connectivity index (χ2n) is 6.72. The predicted octanol–water partition coefficient (Wildman–Crippen LogP) is 2.23. The molecule has 1 amide bonds. The summed E-state index contributed by atoms with van der Waals surface area (Å²) in [5, 5.41) is 6.05. The molecule has 0 spiro atoms. The summed E-state index contributed by atoms with van der Waals surface area (Å²) in [7, 11) is 3.19. The fourth-order valence-electron chi connectivity index (χ4n) is 2.99. The highest BCUT2D eigenvalue weighted by atomic mass is 16.5. The minimum absolute atomic E-state index is 0.264. The Labute approximate surface area is 176 Å². The van der Waals surface area contributed by atoms with E-state index in [1.54, 1.807) is 38.5 Å². The maximum absolute atomic E-state index is 12.7. The second-order valence-corrected chi connectivity index (χ2v) is 6.72. The van der Waals surface area contributed by atoms with E-state index in [9.17, 15) is 4.79 Å². The minimum Gasteiger partial charge on any atom is -0.497 e. The van der Waals surface area contributed by atoms with Crippen LogP contribution in [0.3, 0.4) is 0 Å². The average Bonchev–Trinajstić information content (AvgIpc) is 2.80. The molecule has 1 fully saturated rings.